The first-order valence-corrected chi connectivity index (χ1v) is 11.3. The molecule has 5 aromatic rings. The number of aromatic nitrogens is 10. The maximum absolute atomic E-state index is 15.2. The molecule has 34 heavy (non-hydrogen) atoms. The van der Waals surface area contributed by atoms with Crippen LogP contribution in [-0.2, 0) is 0 Å². The summed E-state index contributed by atoms with van der Waals surface area (Å²) in [5.41, 5.74) is 0.975. The Morgan fingerprint density at radius 3 is 2.91 bits per heavy atom. The van der Waals surface area contributed by atoms with Gasteiger partial charge in [0.2, 0.25) is 0 Å². The van der Waals surface area contributed by atoms with Crippen LogP contribution in [0.15, 0.2) is 41.7 Å². The predicted octanol–water partition coefficient (Wildman–Crippen LogP) is 3.02. The van der Waals surface area contributed by atoms with Crippen molar-refractivity contribution in [1.82, 2.24) is 49.3 Å². The molecule has 0 spiro atoms. The monoisotopic (exact) mass is 496 g/mol. The van der Waals surface area contributed by atoms with Gasteiger partial charge in [-0.3, -0.25) is 9.36 Å². The lowest BCUT2D eigenvalue weighted by Crippen LogP contribution is -2.25. The Morgan fingerprint density at radius 1 is 1.26 bits per heavy atom. The number of imidazole rings is 1. The van der Waals surface area contributed by atoms with Gasteiger partial charge in [-0.05, 0) is 40.5 Å². The van der Waals surface area contributed by atoms with Gasteiger partial charge in [0.25, 0.3) is 5.56 Å². The zero-order valence-electron chi connectivity index (χ0n) is 17.4. The zero-order valence-corrected chi connectivity index (χ0v) is 19.0. The van der Waals surface area contributed by atoms with Crippen LogP contribution in [0.25, 0.3) is 27.5 Å². The summed E-state index contributed by atoms with van der Waals surface area (Å²) in [7, 11) is 0. The molecule has 0 unspecified atom stereocenters. The number of nitrogens with one attached hydrogen (secondary N) is 1. The van der Waals surface area contributed by atoms with Crippen molar-refractivity contribution in [2.24, 2.45) is 0 Å². The van der Waals surface area contributed by atoms with E-state index < -0.39 is 5.82 Å². The van der Waals surface area contributed by atoms with E-state index in [9.17, 15) is 4.79 Å². The SMILES string of the molecule is C[C@@H]1C[C@H](c2ncc(-c3cnns3)[nH]2)n2c1nc(-c1c(-n3cnnn3)ccc(Cl)c1F)cc2=O. The minimum absolute atomic E-state index is 0.0499. The number of hydrogen-bond donors (Lipinski definition) is 1. The van der Waals surface area contributed by atoms with Crippen molar-refractivity contribution >= 4 is 23.1 Å². The number of H-pyrrole nitrogens is 1. The number of rotatable bonds is 4. The van der Waals surface area contributed by atoms with Gasteiger partial charge in [0, 0.05) is 12.0 Å². The highest BCUT2D eigenvalue weighted by Gasteiger charge is 2.34. The van der Waals surface area contributed by atoms with Crippen molar-refractivity contribution in [3.8, 4) is 27.5 Å². The second-order valence-electron chi connectivity index (χ2n) is 7.83. The Hall–Kier alpha value is -3.84. The molecule has 0 saturated carbocycles. The van der Waals surface area contributed by atoms with Crippen LogP contribution in [0.2, 0.25) is 5.02 Å². The predicted molar refractivity (Wildman–Crippen MR) is 120 cm³/mol. The molecule has 0 radical (unpaired) electrons. The summed E-state index contributed by atoms with van der Waals surface area (Å²) in [4.78, 5) is 26.6. The molecule has 4 aromatic heterocycles. The second-order valence-corrected chi connectivity index (χ2v) is 9.03. The number of aromatic amines is 1. The second kappa shape index (κ2) is 7.88. The third kappa shape index (κ3) is 3.23. The van der Waals surface area contributed by atoms with Crippen LogP contribution < -0.4 is 5.56 Å². The molecule has 170 valence electrons. The number of hydrogen-bond acceptors (Lipinski definition) is 9. The van der Waals surface area contributed by atoms with Crippen molar-refractivity contribution in [3.63, 3.8) is 0 Å². The van der Waals surface area contributed by atoms with Gasteiger partial charge < -0.3 is 4.98 Å². The van der Waals surface area contributed by atoms with E-state index in [-0.39, 0.29) is 33.8 Å². The van der Waals surface area contributed by atoms with Crippen LogP contribution in [0.1, 0.15) is 37.0 Å². The van der Waals surface area contributed by atoms with Crippen LogP contribution in [0.5, 0.6) is 0 Å². The van der Waals surface area contributed by atoms with E-state index in [1.54, 1.807) is 23.0 Å². The van der Waals surface area contributed by atoms with Gasteiger partial charge in [0.1, 0.15) is 18.0 Å². The van der Waals surface area contributed by atoms with Gasteiger partial charge in [0.05, 0.1) is 51.0 Å². The van der Waals surface area contributed by atoms with E-state index in [0.29, 0.717) is 23.8 Å². The molecule has 1 aliphatic heterocycles. The summed E-state index contributed by atoms with van der Waals surface area (Å²) in [6, 6.07) is 3.95. The minimum Gasteiger partial charge on any atom is -0.339 e. The maximum Gasteiger partial charge on any atom is 0.254 e. The van der Waals surface area contributed by atoms with Crippen LogP contribution in [0.4, 0.5) is 4.39 Å². The molecular formula is C20H14ClFN10OS. The van der Waals surface area contributed by atoms with Gasteiger partial charge in [0.15, 0.2) is 5.82 Å². The van der Waals surface area contributed by atoms with Gasteiger partial charge >= 0.3 is 0 Å². The summed E-state index contributed by atoms with van der Waals surface area (Å²) >= 11 is 7.31. The van der Waals surface area contributed by atoms with Crippen LogP contribution in [0.3, 0.4) is 0 Å². The molecule has 0 amide bonds. The summed E-state index contributed by atoms with van der Waals surface area (Å²) in [5.74, 6) is 0.387. The first kappa shape index (κ1) is 20.7. The first-order chi connectivity index (χ1) is 16.5. The Bertz CT molecular complexity index is 1560. The standard InChI is InChI=1S/C20H14ClFN10OS/c1-9-4-14(19-23-6-12(26-19)15-7-24-30-34-15)32-16(33)5-11(27-20(9)32)17-13(31-8-25-28-29-31)3-2-10(21)18(17)22/h2-3,5-9,14H,4H2,1H3,(H,23,26)/t9-,14-/m1/s1. The Balaban J connectivity index is 1.47. The van der Waals surface area contributed by atoms with Gasteiger partial charge in [-0.2, -0.15) is 4.68 Å². The van der Waals surface area contributed by atoms with Crippen molar-refractivity contribution < 1.29 is 4.39 Å². The maximum atomic E-state index is 15.2. The topological polar surface area (TPSA) is 133 Å². The highest BCUT2D eigenvalue weighted by atomic mass is 35.5. The van der Waals surface area contributed by atoms with Crippen molar-refractivity contribution in [2.45, 2.75) is 25.3 Å². The molecule has 5 heterocycles. The van der Waals surface area contributed by atoms with E-state index in [0.717, 1.165) is 10.6 Å². The molecule has 11 nitrogen and oxygen atoms in total. The van der Waals surface area contributed by atoms with E-state index in [2.05, 4.69) is 35.1 Å². The molecule has 0 fully saturated rings. The fourth-order valence-electron chi connectivity index (χ4n) is 4.24. The Morgan fingerprint density at radius 2 is 2.15 bits per heavy atom. The number of benzene rings is 1. The smallest absolute Gasteiger partial charge is 0.254 e. The van der Waals surface area contributed by atoms with Crippen molar-refractivity contribution in [1.29, 1.82) is 0 Å². The molecule has 2 atom stereocenters. The largest absolute Gasteiger partial charge is 0.339 e. The first-order valence-electron chi connectivity index (χ1n) is 10.2. The third-order valence-electron chi connectivity index (χ3n) is 5.77. The fourth-order valence-corrected chi connectivity index (χ4v) is 4.88. The molecule has 0 bridgehead atoms. The third-order valence-corrected chi connectivity index (χ3v) is 6.76. The molecule has 1 N–H and O–H groups in total. The summed E-state index contributed by atoms with van der Waals surface area (Å²) in [6.45, 7) is 1.97. The normalized spacial score (nSPS) is 17.3. The molecule has 1 aromatic carbocycles. The van der Waals surface area contributed by atoms with Gasteiger partial charge in [-0.25, -0.2) is 14.4 Å². The van der Waals surface area contributed by atoms with Gasteiger partial charge in [-0.15, -0.1) is 10.2 Å². The summed E-state index contributed by atoms with van der Waals surface area (Å²) in [6.07, 6.45) is 5.28. The number of fused-ring (bicyclic) bond motifs is 1. The Kier molecular flexibility index (Phi) is 4.81. The van der Waals surface area contributed by atoms with E-state index in [4.69, 9.17) is 16.6 Å². The summed E-state index contributed by atoms with van der Waals surface area (Å²) in [5, 5.41) is 14.8. The lowest BCUT2D eigenvalue weighted by atomic mass is 10.1. The Labute approximate surface area is 199 Å². The van der Waals surface area contributed by atoms with E-state index in [1.807, 2.05) is 6.92 Å². The molecule has 1 aliphatic rings. The number of tetrazole rings is 1. The van der Waals surface area contributed by atoms with Gasteiger partial charge in [-0.1, -0.05) is 23.0 Å². The quantitative estimate of drug-likeness (QED) is 0.401. The molecule has 6 rings (SSSR count). The average Bonchev–Trinajstić information content (AvgIpc) is 3.62. The molecular weight excluding hydrogens is 483 g/mol. The van der Waals surface area contributed by atoms with Crippen molar-refractivity contribution in [2.75, 3.05) is 0 Å². The van der Waals surface area contributed by atoms with Crippen LogP contribution in [0, 0.1) is 5.82 Å². The molecule has 0 saturated heterocycles. The lowest BCUT2D eigenvalue weighted by Gasteiger charge is -2.14. The van der Waals surface area contributed by atoms with Crippen LogP contribution in [-0.4, -0.2) is 49.3 Å². The fraction of sp³-hybridized carbons (Fsp3) is 0.200. The van der Waals surface area contributed by atoms with Crippen LogP contribution >= 0.6 is 23.1 Å². The van der Waals surface area contributed by atoms with E-state index >= 15 is 4.39 Å². The highest BCUT2D eigenvalue weighted by molar-refractivity contribution is 7.09. The molecule has 0 aliphatic carbocycles. The highest BCUT2D eigenvalue weighted by Crippen LogP contribution is 2.39. The number of nitrogens with zero attached hydrogens (tertiary/aromatic N) is 9. The zero-order chi connectivity index (χ0) is 23.4. The minimum atomic E-state index is -0.706. The van der Waals surface area contributed by atoms with Crippen molar-refractivity contribution in [3.05, 3.63) is 69.8 Å². The number of halogens is 2. The lowest BCUT2D eigenvalue weighted by molar-refractivity contribution is 0.555. The average molecular weight is 497 g/mol. The molecule has 14 heteroatoms. The summed E-state index contributed by atoms with van der Waals surface area (Å²) < 4.78 is 22.0. The van der Waals surface area contributed by atoms with E-state index in [1.165, 1.54) is 34.7 Å².